The highest BCUT2D eigenvalue weighted by Gasteiger charge is 2.42. The van der Waals surface area contributed by atoms with E-state index in [-0.39, 0.29) is 23.7 Å². The van der Waals surface area contributed by atoms with E-state index in [9.17, 15) is 18.0 Å². The number of halogens is 3. The van der Waals surface area contributed by atoms with Gasteiger partial charge in [-0.1, -0.05) is 26.0 Å². The largest absolute Gasteiger partial charge is 0.425 e. The van der Waals surface area contributed by atoms with Crippen LogP contribution >= 0.6 is 11.3 Å². The van der Waals surface area contributed by atoms with Crippen LogP contribution in [0.2, 0.25) is 0 Å². The van der Waals surface area contributed by atoms with Gasteiger partial charge in [0.2, 0.25) is 5.91 Å². The number of aromatic nitrogens is 2. The Morgan fingerprint density at radius 3 is 2.69 bits per heavy atom. The molecule has 3 aromatic rings. The minimum Gasteiger partial charge on any atom is -0.348 e. The van der Waals surface area contributed by atoms with Crippen molar-refractivity contribution in [3.63, 3.8) is 0 Å². The number of carbonyl (C=O) groups excluding carboxylic acids is 1. The molecule has 2 heterocycles. The van der Waals surface area contributed by atoms with Crippen molar-refractivity contribution in [3.8, 4) is 0 Å². The van der Waals surface area contributed by atoms with Crippen molar-refractivity contribution < 1.29 is 18.0 Å². The van der Waals surface area contributed by atoms with E-state index in [0.29, 0.717) is 22.6 Å². The maximum Gasteiger partial charge on any atom is 0.425 e. The highest BCUT2D eigenvalue weighted by molar-refractivity contribution is 7.12. The molecule has 4 nitrogen and oxygen atoms in total. The second kappa shape index (κ2) is 7.48. The third kappa shape index (κ3) is 4.32. The van der Waals surface area contributed by atoms with E-state index in [2.05, 4.69) is 15.3 Å². The van der Waals surface area contributed by atoms with Crippen LogP contribution in [0.1, 0.15) is 54.2 Å². The fraction of sp³-hybridized carbons (Fsp3) is 0.429. The highest BCUT2D eigenvalue weighted by Crippen LogP contribution is 2.49. The van der Waals surface area contributed by atoms with Crippen molar-refractivity contribution in [2.24, 2.45) is 11.8 Å². The third-order valence-electron chi connectivity index (χ3n) is 5.32. The number of rotatable bonds is 6. The highest BCUT2D eigenvalue weighted by atomic mass is 32.1. The van der Waals surface area contributed by atoms with Gasteiger partial charge in [0.1, 0.15) is 10.7 Å². The molecule has 154 valence electrons. The van der Waals surface area contributed by atoms with Gasteiger partial charge in [0.05, 0.1) is 17.1 Å². The van der Waals surface area contributed by atoms with Crippen molar-refractivity contribution in [1.82, 2.24) is 15.3 Å². The van der Waals surface area contributed by atoms with Gasteiger partial charge < -0.3 is 10.3 Å². The second-order valence-electron chi connectivity index (χ2n) is 7.93. The van der Waals surface area contributed by atoms with Crippen LogP contribution in [0.25, 0.3) is 11.0 Å². The standard InChI is InChI=1S/C21H22F3N3OS/c1-11(2)19(16-7-8-17(29-16)21(22,23)24)27-18(28)10-12-9-13(12)20-25-14-5-3-4-6-15(14)26-20/h3-8,11-13,19H,9-10H2,1-2H3,(H,25,26)(H,27,28)/t12-,13-,19-/m0/s1. The predicted octanol–water partition coefficient (Wildman–Crippen LogP) is 5.65. The summed E-state index contributed by atoms with van der Waals surface area (Å²) in [6, 6.07) is 9.93. The van der Waals surface area contributed by atoms with E-state index in [4.69, 9.17) is 0 Å². The number of hydrogen-bond acceptors (Lipinski definition) is 3. The van der Waals surface area contributed by atoms with Gasteiger partial charge in [0, 0.05) is 17.2 Å². The molecular weight excluding hydrogens is 399 g/mol. The van der Waals surface area contributed by atoms with E-state index >= 15 is 0 Å². The molecule has 1 saturated carbocycles. The summed E-state index contributed by atoms with van der Waals surface area (Å²) in [6.45, 7) is 3.79. The van der Waals surface area contributed by atoms with E-state index in [1.165, 1.54) is 6.07 Å². The van der Waals surface area contributed by atoms with Gasteiger partial charge in [-0.15, -0.1) is 11.3 Å². The molecule has 1 aromatic carbocycles. The zero-order valence-electron chi connectivity index (χ0n) is 16.1. The van der Waals surface area contributed by atoms with E-state index in [1.807, 2.05) is 38.1 Å². The maximum atomic E-state index is 12.9. The van der Waals surface area contributed by atoms with Gasteiger partial charge in [-0.3, -0.25) is 4.79 Å². The Hall–Kier alpha value is -2.35. The topological polar surface area (TPSA) is 57.8 Å². The molecule has 8 heteroatoms. The van der Waals surface area contributed by atoms with Gasteiger partial charge in [0.25, 0.3) is 0 Å². The number of benzene rings is 1. The monoisotopic (exact) mass is 421 g/mol. The van der Waals surface area contributed by atoms with E-state index in [1.54, 1.807) is 0 Å². The van der Waals surface area contributed by atoms with Crippen LogP contribution in [0.3, 0.4) is 0 Å². The number of amides is 1. The minimum absolute atomic E-state index is 0.0101. The lowest BCUT2D eigenvalue weighted by Gasteiger charge is -2.21. The summed E-state index contributed by atoms with van der Waals surface area (Å²) in [6.07, 6.45) is -3.12. The molecule has 1 aliphatic carbocycles. The van der Waals surface area contributed by atoms with E-state index in [0.717, 1.165) is 29.3 Å². The lowest BCUT2D eigenvalue weighted by Crippen LogP contribution is -2.31. The van der Waals surface area contributed by atoms with Crippen LogP contribution in [0.4, 0.5) is 13.2 Å². The first-order valence-electron chi connectivity index (χ1n) is 9.63. The molecule has 1 amide bonds. The molecule has 0 spiro atoms. The number of carbonyl (C=O) groups is 1. The Morgan fingerprint density at radius 2 is 2.03 bits per heavy atom. The van der Waals surface area contributed by atoms with Crippen molar-refractivity contribution in [2.45, 2.75) is 44.8 Å². The zero-order chi connectivity index (χ0) is 20.8. The molecule has 1 fully saturated rings. The first-order chi connectivity index (χ1) is 13.7. The summed E-state index contributed by atoms with van der Waals surface area (Å²) in [4.78, 5) is 20.4. The molecule has 0 saturated heterocycles. The minimum atomic E-state index is -4.36. The van der Waals surface area contributed by atoms with E-state index < -0.39 is 17.1 Å². The Kier molecular flexibility index (Phi) is 5.14. The molecule has 2 aromatic heterocycles. The fourth-order valence-electron chi connectivity index (χ4n) is 3.67. The van der Waals surface area contributed by atoms with Crippen molar-refractivity contribution in [2.75, 3.05) is 0 Å². The van der Waals surface area contributed by atoms with Crippen LogP contribution in [0.15, 0.2) is 36.4 Å². The molecule has 0 aliphatic heterocycles. The van der Waals surface area contributed by atoms with Gasteiger partial charge in [-0.2, -0.15) is 13.2 Å². The summed E-state index contributed by atoms with van der Waals surface area (Å²) in [5.41, 5.74) is 1.89. The first-order valence-corrected chi connectivity index (χ1v) is 10.4. The molecule has 3 atom stereocenters. The van der Waals surface area contributed by atoms with Gasteiger partial charge >= 0.3 is 6.18 Å². The van der Waals surface area contributed by atoms with Crippen molar-refractivity contribution >= 4 is 28.3 Å². The molecule has 0 bridgehead atoms. The third-order valence-corrected chi connectivity index (χ3v) is 6.54. The number of alkyl halides is 3. The normalized spacial score (nSPS) is 20.2. The summed E-state index contributed by atoms with van der Waals surface area (Å²) < 4.78 is 38.7. The molecule has 2 N–H and O–H groups in total. The number of fused-ring (bicyclic) bond motifs is 1. The molecular formula is C21H22F3N3OS. The Labute approximate surface area is 170 Å². The molecule has 4 rings (SSSR count). The summed E-state index contributed by atoms with van der Waals surface area (Å²) >= 11 is 0.698. The van der Waals surface area contributed by atoms with Gasteiger partial charge in [0.15, 0.2) is 0 Å². The number of imidazole rings is 1. The second-order valence-corrected chi connectivity index (χ2v) is 9.05. The van der Waals surface area contributed by atoms with Gasteiger partial charge in [-0.25, -0.2) is 4.98 Å². The Bertz CT molecular complexity index is 991. The molecule has 0 radical (unpaired) electrons. The first kappa shape index (κ1) is 19.9. The van der Waals surface area contributed by atoms with Crippen LogP contribution in [-0.2, 0) is 11.0 Å². The smallest absolute Gasteiger partial charge is 0.348 e. The fourth-order valence-corrected chi connectivity index (χ4v) is 4.77. The van der Waals surface area contributed by atoms with Crippen LogP contribution in [0.5, 0.6) is 0 Å². The number of hydrogen-bond donors (Lipinski definition) is 2. The van der Waals surface area contributed by atoms with Crippen molar-refractivity contribution in [3.05, 3.63) is 52.0 Å². The average Bonchev–Trinajstić information content (AvgIpc) is 3.08. The molecule has 1 aliphatic rings. The van der Waals surface area contributed by atoms with Crippen LogP contribution < -0.4 is 5.32 Å². The van der Waals surface area contributed by atoms with Gasteiger partial charge in [-0.05, 0) is 42.5 Å². The van der Waals surface area contributed by atoms with Crippen molar-refractivity contribution in [1.29, 1.82) is 0 Å². The average molecular weight is 421 g/mol. The van der Waals surface area contributed by atoms with Crippen LogP contribution in [-0.4, -0.2) is 15.9 Å². The number of thiophene rings is 1. The Balaban J connectivity index is 1.38. The number of nitrogens with one attached hydrogen (secondary N) is 2. The molecule has 0 unspecified atom stereocenters. The lowest BCUT2D eigenvalue weighted by molar-refractivity contribution is -0.134. The van der Waals surface area contributed by atoms with Crippen LogP contribution in [0, 0.1) is 11.8 Å². The number of H-pyrrole nitrogens is 1. The number of para-hydroxylation sites is 2. The SMILES string of the molecule is CC(C)[C@H](NC(=O)C[C@@H]1C[C@@H]1c1nc2ccccc2[nH]1)c1ccc(C(F)(F)F)s1. The lowest BCUT2D eigenvalue weighted by atomic mass is 10.0. The molecule has 29 heavy (non-hydrogen) atoms. The predicted molar refractivity (Wildman–Crippen MR) is 107 cm³/mol. The Morgan fingerprint density at radius 1 is 1.28 bits per heavy atom. The number of nitrogens with zero attached hydrogens (tertiary/aromatic N) is 1. The summed E-state index contributed by atoms with van der Waals surface area (Å²) in [5.74, 6) is 1.19. The zero-order valence-corrected chi connectivity index (χ0v) is 16.9. The quantitative estimate of drug-likeness (QED) is 0.540. The maximum absolute atomic E-state index is 12.9. The number of aromatic amines is 1. The summed E-state index contributed by atoms with van der Waals surface area (Å²) in [5, 5.41) is 2.94. The summed E-state index contributed by atoms with van der Waals surface area (Å²) in [7, 11) is 0.